The molecule has 0 amide bonds. The van der Waals surface area contributed by atoms with Crippen molar-refractivity contribution in [1.29, 1.82) is 0 Å². The summed E-state index contributed by atoms with van der Waals surface area (Å²) >= 11 is 0. The summed E-state index contributed by atoms with van der Waals surface area (Å²) in [5, 5.41) is 29.1. The Morgan fingerprint density at radius 2 is 1.94 bits per heavy atom. The Hall–Kier alpha value is -1.26. The number of aromatic hydroxyl groups is 2. The third kappa shape index (κ3) is 2.13. The van der Waals surface area contributed by atoms with Crippen molar-refractivity contribution in [2.24, 2.45) is 11.7 Å². The van der Waals surface area contributed by atoms with E-state index in [2.05, 4.69) is 0 Å². The monoisotopic (exact) mass is 225 g/mol. The largest absolute Gasteiger partial charge is 0.504 e. The van der Waals surface area contributed by atoms with Crippen LogP contribution in [0.3, 0.4) is 0 Å². The van der Waals surface area contributed by atoms with E-state index in [4.69, 9.17) is 5.73 Å². The number of benzene rings is 1. The van der Waals surface area contributed by atoms with Crippen molar-refractivity contribution in [1.82, 2.24) is 0 Å². The minimum Gasteiger partial charge on any atom is -0.504 e. The van der Waals surface area contributed by atoms with Crippen molar-refractivity contribution < 1.29 is 15.3 Å². The van der Waals surface area contributed by atoms with Crippen LogP contribution in [-0.2, 0) is 5.60 Å². The van der Waals surface area contributed by atoms with Crippen molar-refractivity contribution in [2.75, 3.05) is 6.54 Å². The van der Waals surface area contributed by atoms with Gasteiger partial charge in [-0.2, -0.15) is 0 Å². The summed E-state index contributed by atoms with van der Waals surface area (Å²) in [6.07, 6.45) is 0.496. The second-order valence-electron chi connectivity index (χ2n) is 4.12. The molecule has 0 aliphatic heterocycles. The highest BCUT2D eigenvalue weighted by atomic mass is 16.3. The third-order valence-electron chi connectivity index (χ3n) is 3.18. The molecule has 1 aromatic rings. The first kappa shape index (κ1) is 12.8. The normalized spacial score (nSPS) is 16.8. The van der Waals surface area contributed by atoms with Crippen LogP contribution in [0.4, 0.5) is 0 Å². The van der Waals surface area contributed by atoms with Crippen molar-refractivity contribution in [3.63, 3.8) is 0 Å². The van der Waals surface area contributed by atoms with E-state index in [1.807, 2.05) is 13.8 Å². The molecule has 0 saturated carbocycles. The summed E-state index contributed by atoms with van der Waals surface area (Å²) < 4.78 is 0. The van der Waals surface area contributed by atoms with Gasteiger partial charge in [-0.15, -0.1) is 0 Å². The van der Waals surface area contributed by atoms with Crippen molar-refractivity contribution in [3.05, 3.63) is 23.8 Å². The maximum absolute atomic E-state index is 10.5. The van der Waals surface area contributed by atoms with Crippen molar-refractivity contribution in [2.45, 2.75) is 25.9 Å². The number of hydrogen-bond acceptors (Lipinski definition) is 4. The molecule has 0 fully saturated rings. The minimum atomic E-state index is -1.07. The van der Waals surface area contributed by atoms with Crippen LogP contribution < -0.4 is 5.73 Å². The van der Waals surface area contributed by atoms with E-state index in [0.717, 1.165) is 0 Å². The zero-order chi connectivity index (χ0) is 12.3. The lowest BCUT2D eigenvalue weighted by molar-refractivity contribution is -0.0177. The average molecular weight is 225 g/mol. The summed E-state index contributed by atoms with van der Waals surface area (Å²) in [5.74, 6) is -0.544. The van der Waals surface area contributed by atoms with Gasteiger partial charge in [0, 0.05) is 5.92 Å². The summed E-state index contributed by atoms with van der Waals surface area (Å²) in [6.45, 7) is 4.06. The molecular formula is C12H19NO3. The van der Waals surface area contributed by atoms with Gasteiger partial charge in [0.15, 0.2) is 11.5 Å². The molecule has 90 valence electrons. The number of hydrogen-bond donors (Lipinski definition) is 4. The van der Waals surface area contributed by atoms with Crippen LogP contribution in [0.5, 0.6) is 11.5 Å². The van der Waals surface area contributed by atoms with Gasteiger partial charge in [0.05, 0.1) is 5.60 Å². The van der Waals surface area contributed by atoms with Gasteiger partial charge in [0.1, 0.15) is 0 Å². The second-order valence-corrected chi connectivity index (χ2v) is 4.12. The molecule has 0 heterocycles. The number of rotatable bonds is 4. The van der Waals surface area contributed by atoms with Crippen LogP contribution in [0.15, 0.2) is 18.2 Å². The van der Waals surface area contributed by atoms with Gasteiger partial charge in [0.25, 0.3) is 0 Å². The zero-order valence-corrected chi connectivity index (χ0v) is 9.64. The van der Waals surface area contributed by atoms with Gasteiger partial charge in [0.2, 0.25) is 0 Å². The van der Waals surface area contributed by atoms with E-state index in [0.29, 0.717) is 18.5 Å². The number of aliphatic hydroxyl groups is 1. The van der Waals surface area contributed by atoms with Gasteiger partial charge in [-0.25, -0.2) is 0 Å². The average Bonchev–Trinajstić information content (AvgIpc) is 2.30. The Morgan fingerprint density at radius 3 is 2.38 bits per heavy atom. The van der Waals surface area contributed by atoms with E-state index >= 15 is 0 Å². The molecule has 0 bridgehead atoms. The number of phenolic OH excluding ortho intramolecular Hbond substituents is 2. The van der Waals surface area contributed by atoms with Crippen LogP contribution in [0.1, 0.15) is 25.8 Å². The minimum absolute atomic E-state index is 0.124. The number of phenols is 2. The molecule has 0 aromatic heterocycles. The van der Waals surface area contributed by atoms with Crippen LogP contribution >= 0.6 is 0 Å². The third-order valence-corrected chi connectivity index (χ3v) is 3.18. The van der Waals surface area contributed by atoms with Gasteiger partial charge in [-0.05, 0) is 30.7 Å². The molecule has 0 spiro atoms. The fraction of sp³-hybridized carbons (Fsp3) is 0.500. The molecule has 0 saturated heterocycles. The standard InChI is InChI=1S/C12H19NO3/c1-3-12(16,8(2)7-13)9-4-5-10(14)11(15)6-9/h4-6,8,14-16H,3,7,13H2,1-2H3/t8-,12+/m0/s1. The molecule has 1 aromatic carbocycles. The van der Waals surface area contributed by atoms with E-state index < -0.39 is 5.60 Å². The SMILES string of the molecule is CC[C@](O)(c1ccc(O)c(O)c1)[C@@H](C)CN. The Morgan fingerprint density at radius 1 is 1.31 bits per heavy atom. The number of nitrogens with two attached hydrogens (primary N) is 1. The Kier molecular flexibility index (Phi) is 3.78. The summed E-state index contributed by atoms with van der Waals surface area (Å²) in [5.41, 5.74) is 5.07. The lowest BCUT2D eigenvalue weighted by atomic mass is 9.80. The maximum atomic E-state index is 10.5. The van der Waals surface area contributed by atoms with Crippen molar-refractivity contribution in [3.8, 4) is 11.5 Å². The highest BCUT2D eigenvalue weighted by molar-refractivity contribution is 5.42. The van der Waals surface area contributed by atoms with Crippen LogP contribution in [0, 0.1) is 5.92 Å². The molecule has 4 nitrogen and oxygen atoms in total. The second kappa shape index (κ2) is 4.72. The van der Waals surface area contributed by atoms with Crippen LogP contribution in [0.2, 0.25) is 0 Å². The fourth-order valence-electron chi connectivity index (χ4n) is 1.82. The highest BCUT2D eigenvalue weighted by Gasteiger charge is 2.33. The Labute approximate surface area is 95.3 Å². The molecule has 4 heteroatoms. The van der Waals surface area contributed by atoms with Gasteiger partial charge in [-0.1, -0.05) is 19.9 Å². The molecule has 16 heavy (non-hydrogen) atoms. The van der Waals surface area contributed by atoms with Crippen LogP contribution in [-0.4, -0.2) is 21.9 Å². The first-order valence-corrected chi connectivity index (χ1v) is 5.40. The summed E-state index contributed by atoms with van der Waals surface area (Å²) in [4.78, 5) is 0. The van der Waals surface area contributed by atoms with Gasteiger partial charge < -0.3 is 21.1 Å². The predicted molar refractivity (Wildman–Crippen MR) is 62.2 cm³/mol. The molecule has 0 aliphatic rings. The topological polar surface area (TPSA) is 86.7 Å². The quantitative estimate of drug-likeness (QED) is 0.581. The first-order chi connectivity index (χ1) is 7.45. The Balaban J connectivity index is 3.17. The molecule has 0 unspecified atom stereocenters. The van der Waals surface area contributed by atoms with Gasteiger partial charge >= 0.3 is 0 Å². The lowest BCUT2D eigenvalue weighted by Gasteiger charge is -2.33. The smallest absolute Gasteiger partial charge is 0.157 e. The van der Waals surface area contributed by atoms with E-state index in [9.17, 15) is 15.3 Å². The summed E-state index contributed by atoms with van der Waals surface area (Å²) in [6, 6.07) is 4.35. The predicted octanol–water partition coefficient (Wildman–Crippen LogP) is 1.29. The van der Waals surface area contributed by atoms with E-state index in [1.54, 1.807) is 6.07 Å². The van der Waals surface area contributed by atoms with Gasteiger partial charge in [-0.3, -0.25) is 0 Å². The van der Waals surface area contributed by atoms with Crippen LogP contribution in [0.25, 0.3) is 0 Å². The summed E-state index contributed by atoms with van der Waals surface area (Å²) in [7, 11) is 0. The Bertz CT molecular complexity index is 367. The zero-order valence-electron chi connectivity index (χ0n) is 9.64. The molecule has 0 aliphatic carbocycles. The van der Waals surface area contributed by atoms with E-state index in [1.165, 1.54) is 12.1 Å². The molecular weight excluding hydrogens is 206 g/mol. The molecule has 1 rings (SSSR count). The van der Waals surface area contributed by atoms with E-state index in [-0.39, 0.29) is 17.4 Å². The molecule has 2 atom stereocenters. The first-order valence-electron chi connectivity index (χ1n) is 5.40. The fourth-order valence-corrected chi connectivity index (χ4v) is 1.82. The maximum Gasteiger partial charge on any atom is 0.157 e. The van der Waals surface area contributed by atoms with Crippen molar-refractivity contribution >= 4 is 0 Å². The lowest BCUT2D eigenvalue weighted by Crippen LogP contribution is -2.37. The molecule has 0 radical (unpaired) electrons. The molecule has 5 N–H and O–H groups in total. The highest BCUT2D eigenvalue weighted by Crippen LogP contribution is 2.36.